The third kappa shape index (κ3) is 8.97. The molecule has 0 aliphatic heterocycles. The normalized spacial score (nSPS) is 11.5. The molecule has 0 N–H and O–H groups in total. The minimum atomic E-state index is -0.424. The first-order valence-electron chi connectivity index (χ1n) is 4.87. The Morgan fingerprint density at radius 2 is 1.27 bits per heavy atom. The van der Waals surface area contributed by atoms with Crippen LogP contribution >= 0.6 is 0 Å². The number of nitrogens with zero attached hydrogens (tertiary/aromatic N) is 1. The van der Waals surface area contributed by atoms with Gasteiger partial charge in [0.05, 0.1) is 0 Å². The Hall–Kier alpha value is 1.21. The molecule has 0 aliphatic rings. The van der Waals surface area contributed by atoms with Gasteiger partial charge in [-0.25, -0.2) is 0 Å². The van der Waals surface area contributed by atoms with Crippen molar-refractivity contribution in [3.63, 3.8) is 0 Å². The average Bonchev–Trinajstić information content (AvgIpc) is 1.81. The maximum Gasteiger partial charge on any atom is -1.00 e. The molecular weight excluding hydrogens is 269 g/mol. The maximum absolute atomic E-state index is 5.60. The van der Waals surface area contributed by atoms with Gasteiger partial charge in [0, 0.05) is 0 Å². The second-order valence-electron chi connectivity index (χ2n) is 5.20. The first kappa shape index (κ1) is 21.5. The van der Waals surface area contributed by atoms with Crippen LogP contribution in [0.25, 0.3) is 0 Å². The van der Waals surface area contributed by atoms with Gasteiger partial charge in [-0.15, -0.1) is 0 Å². The van der Waals surface area contributed by atoms with Crippen LogP contribution in [0, 0.1) is 0 Å². The Labute approximate surface area is 117 Å². The molecule has 0 spiro atoms. The molecule has 0 aromatic heterocycles. The molecule has 0 radical (unpaired) electrons. The molecule has 5 heteroatoms. The second-order valence-corrected chi connectivity index (χ2v) is 6.64. The van der Waals surface area contributed by atoms with Crippen molar-refractivity contribution in [3.05, 3.63) is 0 Å². The molecule has 0 saturated heterocycles. The van der Waals surface area contributed by atoms with E-state index in [0.29, 0.717) is 0 Å². The maximum atomic E-state index is 5.60. The third-order valence-corrected chi connectivity index (χ3v) is 4.67. The predicted molar refractivity (Wildman–Crippen MR) is 53.0 cm³/mol. The molecule has 0 saturated carbocycles. The van der Waals surface area contributed by atoms with E-state index in [1.807, 2.05) is 0 Å². The van der Waals surface area contributed by atoms with E-state index in [2.05, 4.69) is 51.8 Å². The zero-order chi connectivity index (χ0) is 10.7. The number of rotatable bonds is 3. The Morgan fingerprint density at radius 1 is 0.933 bits per heavy atom. The van der Waals surface area contributed by atoms with Crippen LogP contribution in [0.2, 0.25) is 0 Å². The SMILES string of the molecule is CC[O][Ti+2][N](C(C)(C)C)C(C)(C)C.[Cl-].[Cl-]. The van der Waals surface area contributed by atoms with Crippen molar-refractivity contribution in [3.8, 4) is 0 Å². The smallest absolute Gasteiger partial charge is 1.00 e. The first-order chi connectivity index (χ1) is 5.69. The number of hydrogen-bond acceptors (Lipinski definition) is 2. The average molecular weight is 292 g/mol. The monoisotopic (exact) mass is 291 g/mol. The molecule has 2 nitrogen and oxygen atoms in total. The molecule has 0 rings (SSSR count). The summed E-state index contributed by atoms with van der Waals surface area (Å²) >= 11 is -0.424. The molecule has 0 fully saturated rings. The molecule has 0 aliphatic carbocycles. The van der Waals surface area contributed by atoms with Gasteiger partial charge in [-0.2, -0.15) is 0 Å². The summed E-state index contributed by atoms with van der Waals surface area (Å²) in [6.07, 6.45) is 0. The van der Waals surface area contributed by atoms with E-state index >= 15 is 0 Å². The Kier molecular flexibility index (Phi) is 11.9. The van der Waals surface area contributed by atoms with Gasteiger partial charge < -0.3 is 24.8 Å². The summed E-state index contributed by atoms with van der Waals surface area (Å²) in [5, 5.41) is 0. The van der Waals surface area contributed by atoms with Crippen LogP contribution in [0.4, 0.5) is 0 Å². The predicted octanol–water partition coefficient (Wildman–Crippen LogP) is -3.16. The van der Waals surface area contributed by atoms with Crippen molar-refractivity contribution in [1.29, 1.82) is 0 Å². The molecule has 0 amide bonds. The van der Waals surface area contributed by atoms with Crippen LogP contribution < -0.4 is 24.8 Å². The van der Waals surface area contributed by atoms with Crippen molar-refractivity contribution >= 4 is 0 Å². The molecule has 0 unspecified atom stereocenters. The summed E-state index contributed by atoms with van der Waals surface area (Å²) in [6.45, 7) is 16.4. The molecule has 15 heavy (non-hydrogen) atoms. The Morgan fingerprint density at radius 3 is 1.47 bits per heavy atom. The number of halogens is 2. The summed E-state index contributed by atoms with van der Waals surface area (Å²) in [4.78, 5) is 0. The van der Waals surface area contributed by atoms with Crippen LogP contribution in [0.1, 0.15) is 48.5 Å². The van der Waals surface area contributed by atoms with Gasteiger partial charge in [0.1, 0.15) is 0 Å². The molecule has 92 valence electrons. The van der Waals surface area contributed by atoms with Crippen molar-refractivity contribution in [2.24, 2.45) is 0 Å². The van der Waals surface area contributed by atoms with Crippen LogP contribution in [-0.4, -0.2) is 21.1 Å². The molecular formula is C10H23Cl2NOTi. The molecule has 0 atom stereocenters. The van der Waals surface area contributed by atoms with Crippen molar-refractivity contribution in [2.75, 3.05) is 6.61 Å². The fourth-order valence-electron chi connectivity index (χ4n) is 1.41. The van der Waals surface area contributed by atoms with Crippen molar-refractivity contribution in [1.82, 2.24) is 3.38 Å². The van der Waals surface area contributed by atoms with Gasteiger partial charge in [0.15, 0.2) is 0 Å². The minimum absolute atomic E-state index is 0. The number of hydrogen-bond donors (Lipinski definition) is 0. The van der Waals surface area contributed by atoms with E-state index in [9.17, 15) is 0 Å². The van der Waals surface area contributed by atoms with Crippen molar-refractivity contribution in [2.45, 2.75) is 59.5 Å². The van der Waals surface area contributed by atoms with Crippen LogP contribution in [0.5, 0.6) is 0 Å². The van der Waals surface area contributed by atoms with Crippen molar-refractivity contribution < 1.29 is 47.9 Å². The zero-order valence-electron chi connectivity index (χ0n) is 10.8. The summed E-state index contributed by atoms with van der Waals surface area (Å²) in [6, 6.07) is 0. The Bertz CT molecular complexity index is 140. The van der Waals surface area contributed by atoms with Gasteiger partial charge >= 0.3 is 92.6 Å². The van der Waals surface area contributed by atoms with Gasteiger partial charge in [0.2, 0.25) is 0 Å². The van der Waals surface area contributed by atoms with Gasteiger partial charge in [-0.3, -0.25) is 0 Å². The van der Waals surface area contributed by atoms with E-state index in [1.54, 1.807) is 0 Å². The standard InChI is InChI=1S/C8H18N.C2H5O.2ClH.Ti/c1-7(2,3)9-8(4,5)6;1-2-3;;;/h1-6H3;2H2,1H3;2*1H;/q2*-1;;;+4/p-2. The van der Waals surface area contributed by atoms with Gasteiger partial charge in [-0.05, 0) is 0 Å². The quantitative estimate of drug-likeness (QED) is 0.509. The summed E-state index contributed by atoms with van der Waals surface area (Å²) < 4.78 is 8.09. The Balaban J connectivity index is -0.000000720. The largest absolute Gasteiger partial charge is 1.00 e. The second kappa shape index (κ2) is 8.33. The van der Waals surface area contributed by atoms with Crippen LogP contribution in [0.3, 0.4) is 0 Å². The van der Waals surface area contributed by atoms with E-state index in [0.717, 1.165) is 6.61 Å². The summed E-state index contributed by atoms with van der Waals surface area (Å²) in [5.41, 5.74) is 0.431. The minimum Gasteiger partial charge on any atom is -1.00 e. The fourth-order valence-corrected chi connectivity index (χ4v) is 2.67. The molecule has 0 aromatic carbocycles. The molecule has 0 heterocycles. The summed E-state index contributed by atoms with van der Waals surface area (Å²) in [7, 11) is 0. The molecule has 0 bridgehead atoms. The fraction of sp³-hybridized carbons (Fsp3) is 1.00. The molecule has 0 aromatic rings. The van der Waals surface area contributed by atoms with E-state index in [4.69, 9.17) is 3.32 Å². The van der Waals surface area contributed by atoms with Gasteiger partial charge in [-0.1, -0.05) is 0 Å². The van der Waals surface area contributed by atoms with E-state index in [1.165, 1.54) is 0 Å². The first-order valence-corrected chi connectivity index (χ1v) is 6.21. The van der Waals surface area contributed by atoms with Crippen LogP contribution in [-0.2, 0) is 23.1 Å². The van der Waals surface area contributed by atoms with Crippen LogP contribution in [0.15, 0.2) is 0 Å². The zero-order valence-corrected chi connectivity index (χ0v) is 13.9. The third-order valence-electron chi connectivity index (χ3n) is 1.64. The van der Waals surface area contributed by atoms with Gasteiger partial charge in [0.25, 0.3) is 0 Å². The summed E-state index contributed by atoms with van der Waals surface area (Å²) in [5.74, 6) is 0. The van der Waals surface area contributed by atoms with E-state index in [-0.39, 0.29) is 35.9 Å². The van der Waals surface area contributed by atoms with E-state index < -0.39 is 19.8 Å². The topological polar surface area (TPSA) is 12.5 Å².